The fourth-order valence-corrected chi connectivity index (χ4v) is 2.37. The zero-order valence-corrected chi connectivity index (χ0v) is 11.5. The molecule has 0 spiro atoms. The van der Waals surface area contributed by atoms with Gasteiger partial charge in [-0.3, -0.25) is 4.79 Å². The van der Waals surface area contributed by atoms with Gasteiger partial charge in [0.15, 0.2) is 0 Å². The maximum Gasteiger partial charge on any atom is 0.317 e. The number of carbonyl (C=O) groups excluding carboxylic acids is 1. The number of esters is 1. The summed E-state index contributed by atoms with van der Waals surface area (Å²) >= 11 is 0. The average Bonchev–Trinajstić information content (AvgIpc) is 2.19. The molecule has 0 aromatic heterocycles. The van der Waals surface area contributed by atoms with Crippen molar-refractivity contribution in [3.63, 3.8) is 0 Å². The molecule has 2 nitrogen and oxygen atoms in total. The lowest BCUT2D eigenvalue weighted by molar-refractivity contribution is -0.150. The maximum atomic E-state index is 12.1. The van der Waals surface area contributed by atoms with Crippen LogP contribution in [0.25, 0.3) is 0 Å². The van der Waals surface area contributed by atoms with Crippen molar-refractivity contribution >= 4 is 5.97 Å². The van der Waals surface area contributed by atoms with Gasteiger partial charge in [0.25, 0.3) is 0 Å². The van der Waals surface area contributed by atoms with Crippen LogP contribution in [0.3, 0.4) is 0 Å². The van der Waals surface area contributed by atoms with E-state index in [1.165, 1.54) is 5.56 Å². The van der Waals surface area contributed by atoms with Crippen LogP contribution in [0.2, 0.25) is 0 Å². The van der Waals surface area contributed by atoms with Gasteiger partial charge in [0, 0.05) is 11.0 Å². The first kappa shape index (κ1) is 12.2. The second kappa shape index (κ2) is 3.34. The molecule has 1 aliphatic rings. The van der Waals surface area contributed by atoms with Crippen molar-refractivity contribution in [3.05, 3.63) is 28.8 Å². The van der Waals surface area contributed by atoms with Gasteiger partial charge >= 0.3 is 5.97 Å². The lowest BCUT2D eigenvalue weighted by Crippen LogP contribution is -2.49. The summed E-state index contributed by atoms with van der Waals surface area (Å²) in [6, 6.07) is 4.19. The largest absolute Gasteiger partial charge is 0.426 e. The number of rotatable bonds is 0. The highest BCUT2D eigenvalue weighted by Crippen LogP contribution is 2.50. The summed E-state index contributed by atoms with van der Waals surface area (Å²) in [5, 5.41) is 0. The van der Waals surface area contributed by atoms with Crippen molar-refractivity contribution in [3.8, 4) is 5.75 Å². The molecule has 1 aliphatic heterocycles. The summed E-state index contributed by atoms with van der Waals surface area (Å²) in [6.07, 6.45) is 0. The molecule has 0 radical (unpaired) electrons. The minimum atomic E-state index is -0.500. The number of fused-ring (bicyclic) bond motifs is 1. The van der Waals surface area contributed by atoms with Crippen LogP contribution < -0.4 is 4.74 Å². The molecule has 1 aromatic carbocycles. The van der Waals surface area contributed by atoms with E-state index in [1.54, 1.807) is 0 Å². The summed E-state index contributed by atoms with van der Waals surface area (Å²) in [5.74, 6) is 0.617. The molecule has 1 aromatic rings. The third-order valence-corrected chi connectivity index (χ3v) is 4.36. The molecular weight excluding hydrogens is 212 g/mol. The SMILES string of the molecule is Cc1cc(C)c2c(c1)C(C)(C)C(C)(C)C(=O)O2. The number of benzene rings is 1. The molecule has 2 rings (SSSR count). The van der Waals surface area contributed by atoms with Crippen molar-refractivity contribution in [2.75, 3.05) is 0 Å². The smallest absolute Gasteiger partial charge is 0.317 e. The molecule has 0 N–H and O–H groups in total. The van der Waals surface area contributed by atoms with Gasteiger partial charge in [0.2, 0.25) is 0 Å². The van der Waals surface area contributed by atoms with E-state index in [-0.39, 0.29) is 11.4 Å². The standard InChI is InChI=1S/C15H20O2/c1-9-7-10(2)12-11(8-9)14(3,4)15(5,6)13(16)17-12/h7-8H,1-6H3. The number of ether oxygens (including phenoxy) is 1. The van der Waals surface area contributed by atoms with Crippen molar-refractivity contribution in [2.45, 2.75) is 47.0 Å². The van der Waals surface area contributed by atoms with Gasteiger partial charge in [-0.15, -0.1) is 0 Å². The minimum absolute atomic E-state index is 0.137. The zero-order chi connectivity index (χ0) is 13.0. The molecule has 0 atom stereocenters. The highest BCUT2D eigenvalue weighted by Gasteiger charge is 2.50. The number of aryl methyl sites for hydroxylation is 2. The molecule has 0 fully saturated rings. The Bertz CT molecular complexity index is 496. The summed E-state index contributed by atoms with van der Waals surface area (Å²) < 4.78 is 5.53. The van der Waals surface area contributed by atoms with E-state index in [0.717, 1.165) is 16.9 Å². The molecule has 17 heavy (non-hydrogen) atoms. The van der Waals surface area contributed by atoms with Crippen LogP contribution in [-0.2, 0) is 10.2 Å². The van der Waals surface area contributed by atoms with Crippen LogP contribution in [0, 0.1) is 19.3 Å². The summed E-state index contributed by atoms with van der Waals surface area (Å²) in [5.41, 5.74) is 2.67. The zero-order valence-electron chi connectivity index (χ0n) is 11.5. The maximum absolute atomic E-state index is 12.1. The van der Waals surface area contributed by atoms with E-state index in [0.29, 0.717) is 0 Å². The van der Waals surface area contributed by atoms with Crippen LogP contribution >= 0.6 is 0 Å². The van der Waals surface area contributed by atoms with Gasteiger partial charge in [-0.1, -0.05) is 31.5 Å². The average molecular weight is 232 g/mol. The topological polar surface area (TPSA) is 26.3 Å². The predicted octanol–water partition coefficient (Wildman–Crippen LogP) is 3.53. The molecule has 0 saturated carbocycles. The van der Waals surface area contributed by atoms with E-state index in [2.05, 4.69) is 32.9 Å². The third-order valence-electron chi connectivity index (χ3n) is 4.36. The fraction of sp³-hybridized carbons (Fsp3) is 0.533. The summed E-state index contributed by atoms with van der Waals surface area (Å²) in [7, 11) is 0. The van der Waals surface area contributed by atoms with Crippen molar-refractivity contribution in [2.24, 2.45) is 5.41 Å². The second-order valence-electron chi connectivity index (χ2n) is 6.10. The lowest BCUT2D eigenvalue weighted by Gasteiger charge is -2.44. The Hall–Kier alpha value is -1.31. The van der Waals surface area contributed by atoms with Gasteiger partial charge in [-0.2, -0.15) is 0 Å². The normalized spacial score (nSPS) is 20.7. The van der Waals surface area contributed by atoms with Crippen LogP contribution in [0.15, 0.2) is 12.1 Å². The van der Waals surface area contributed by atoms with Crippen molar-refractivity contribution in [1.29, 1.82) is 0 Å². The van der Waals surface area contributed by atoms with E-state index in [4.69, 9.17) is 4.74 Å². The van der Waals surface area contributed by atoms with E-state index >= 15 is 0 Å². The molecule has 0 saturated heterocycles. The number of hydrogen-bond acceptors (Lipinski definition) is 2. The molecule has 0 unspecified atom stereocenters. The first-order chi connectivity index (χ1) is 7.68. The number of carbonyl (C=O) groups is 1. The third kappa shape index (κ3) is 1.50. The Balaban J connectivity index is 2.76. The van der Waals surface area contributed by atoms with Gasteiger partial charge in [-0.05, 0) is 33.3 Å². The minimum Gasteiger partial charge on any atom is -0.426 e. The molecule has 92 valence electrons. The molecule has 1 heterocycles. The lowest BCUT2D eigenvalue weighted by atomic mass is 9.62. The summed E-state index contributed by atoms with van der Waals surface area (Å²) in [4.78, 5) is 12.1. The summed E-state index contributed by atoms with van der Waals surface area (Å²) in [6.45, 7) is 12.2. The van der Waals surface area contributed by atoms with Crippen molar-refractivity contribution in [1.82, 2.24) is 0 Å². The Kier molecular flexibility index (Phi) is 2.39. The van der Waals surface area contributed by atoms with E-state index in [1.807, 2.05) is 20.8 Å². The molecular formula is C15H20O2. The van der Waals surface area contributed by atoms with Crippen LogP contribution in [0.4, 0.5) is 0 Å². The second-order valence-corrected chi connectivity index (χ2v) is 6.10. The predicted molar refractivity (Wildman–Crippen MR) is 68.4 cm³/mol. The molecule has 0 amide bonds. The van der Waals surface area contributed by atoms with Gasteiger partial charge in [0.05, 0.1) is 5.41 Å². The van der Waals surface area contributed by atoms with Crippen LogP contribution in [-0.4, -0.2) is 5.97 Å². The highest BCUT2D eigenvalue weighted by atomic mass is 16.5. The monoisotopic (exact) mass is 232 g/mol. The van der Waals surface area contributed by atoms with Crippen LogP contribution in [0.5, 0.6) is 5.75 Å². The Morgan fingerprint density at radius 2 is 1.59 bits per heavy atom. The van der Waals surface area contributed by atoms with E-state index < -0.39 is 5.41 Å². The van der Waals surface area contributed by atoms with Crippen LogP contribution in [0.1, 0.15) is 44.4 Å². The van der Waals surface area contributed by atoms with Crippen molar-refractivity contribution < 1.29 is 9.53 Å². The molecule has 0 bridgehead atoms. The number of hydrogen-bond donors (Lipinski definition) is 0. The Morgan fingerprint density at radius 1 is 1.00 bits per heavy atom. The first-order valence-electron chi connectivity index (χ1n) is 6.02. The fourth-order valence-electron chi connectivity index (χ4n) is 2.37. The van der Waals surface area contributed by atoms with E-state index in [9.17, 15) is 4.79 Å². The Labute approximate surface area is 103 Å². The first-order valence-corrected chi connectivity index (χ1v) is 6.02. The molecule has 0 aliphatic carbocycles. The Morgan fingerprint density at radius 3 is 2.18 bits per heavy atom. The quantitative estimate of drug-likeness (QED) is 0.505. The highest BCUT2D eigenvalue weighted by molar-refractivity contribution is 5.84. The molecule has 2 heteroatoms. The van der Waals surface area contributed by atoms with Gasteiger partial charge in [-0.25, -0.2) is 0 Å². The van der Waals surface area contributed by atoms with Gasteiger partial charge < -0.3 is 4.74 Å². The van der Waals surface area contributed by atoms with Gasteiger partial charge in [0.1, 0.15) is 5.75 Å².